The van der Waals surface area contributed by atoms with Gasteiger partial charge in [-0.3, -0.25) is 0 Å². The van der Waals surface area contributed by atoms with E-state index in [1.54, 1.807) is 0 Å². The molecule has 1 saturated carbocycles. The van der Waals surface area contributed by atoms with Gasteiger partial charge < -0.3 is 10.6 Å². The Hall–Kier alpha value is -0.0800. The maximum atomic E-state index is 5.99. The van der Waals surface area contributed by atoms with Crippen molar-refractivity contribution in [3.63, 3.8) is 0 Å². The van der Waals surface area contributed by atoms with E-state index in [2.05, 4.69) is 11.8 Å². The van der Waals surface area contributed by atoms with Crippen LogP contribution >= 0.6 is 0 Å². The highest BCUT2D eigenvalue weighted by molar-refractivity contribution is 4.91. The van der Waals surface area contributed by atoms with Gasteiger partial charge in [-0.15, -0.1) is 0 Å². The van der Waals surface area contributed by atoms with Gasteiger partial charge in [0.05, 0.1) is 0 Å². The molecule has 1 aliphatic carbocycles. The van der Waals surface area contributed by atoms with Gasteiger partial charge in [0.2, 0.25) is 0 Å². The summed E-state index contributed by atoms with van der Waals surface area (Å²) in [5.74, 6) is 0. The van der Waals surface area contributed by atoms with Crippen molar-refractivity contribution >= 4 is 0 Å². The summed E-state index contributed by atoms with van der Waals surface area (Å²) >= 11 is 0. The molecule has 1 aliphatic heterocycles. The molecule has 15 heavy (non-hydrogen) atoms. The lowest BCUT2D eigenvalue weighted by molar-refractivity contribution is 0.0629. The van der Waals surface area contributed by atoms with E-state index in [0.717, 1.165) is 0 Å². The summed E-state index contributed by atoms with van der Waals surface area (Å²) < 4.78 is 0. The Balaban J connectivity index is 1.81. The molecule has 2 nitrogen and oxygen atoms in total. The molecule has 2 rings (SSSR count). The maximum absolute atomic E-state index is 5.99. The van der Waals surface area contributed by atoms with Gasteiger partial charge in [-0.1, -0.05) is 6.92 Å². The fourth-order valence-corrected chi connectivity index (χ4v) is 3.32. The first-order chi connectivity index (χ1) is 7.24. The average molecular weight is 210 g/mol. The Labute approximate surface area is 94.2 Å². The van der Waals surface area contributed by atoms with Crippen molar-refractivity contribution in [3.05, 3.63) is 0 Å². The van der Waals surface area contributed by atoms with Crippen molar-refractivity contribution in [1.29, 1.82) is 0 Å². The van der Waals surface area contributed by atoms with Crippen LogP contribution in [0.3, 0.4) is 0 Å². The molecule has 88 valence electrons. The second-order valence-corrected chi connectivity index (χ2v) is 5.68. The van der Waals surface area contributed by atoms with Gasteiger partial charge in [-0.05, 0) is 70.0 Å². The lowest BCUT2D eigenvalue weighted by atomic mass is 9.67. The van der Waals surface area contributed by atoms with E-state index in [1.165, 1.54) is 64.6 Å². The van der Waals surface area contributed by atoms with Gasteiger partial charge in [-0.2, -0.15) is 0 Å². The lowest BCUT2D eigenvalue weighted by Crippen LogP contribution is -2.43. The largest absolute Gasteiger partial charge is 0.328 e. The van der Waals surface area contributed by atoms with E-state index in [0.29, 0.717) is 11.5 Å². The molecular weight excluding hydrogens is 184 g/mol. The summed E-state index contributed by atoms with van der Waals surface area (Å²) in [5, 5.41) is 0. The van der Waals surface area contributed by atoms with Crippen molar-refractivity contribution in [3.8, 4) is 0 Å². The van der Waals surface area contributed by atoms with Crippen molar-refractivity contribution in [2.45, 2.75) is 57.9 Å². The van der Waals surface area contributed by atoms with Gasteiger partial charge in [-0.25, -0.2) is 0 Å². The van der Waals surface area contributed by atoms with Crippen LogP contribution in [-0.4, -0.2) is 30.6 Å². The summed E-state index contributed by atoms with van der Waals surface area (Å²) in [7, 11) is 0. The van der Waals surface area contributed by atoms with Crippen molar-refractivity contribution in [1.82, 2.24) is 4.90 Å². The number of likely N-dealkylation sites (tertiary alicyclic amines) is 1. The zero-order valence-corrected chi connectivity index (χ0v) is 10.2. The Morgan fingerprint density at radius 1 is 1.13 bits per heavy atom. The first-order valence-corrected chi connectivity index (χ1v) is 6.72. The third-order valence-electron chi connectivity index (χ3n) is 4.55. The highest BCUT2D eigenvalue weighted by Crippen LogP contribution is 2.44. The molecule has 0 aromatic carbocycles. The topological polar surface area (TPSA) is 29.3 Å². The molecule has 2 fully saturated rings. The minimum Gasteiger partial charge on any atom is -0.328 e. The first-order valence-electron chi connectivity index (χ1n) is 6.72. The molecule has 2 heteroatoms. The van der Waals surface area contributed by atoms with Crippen LogP contribution in [0.2, 0.25) is 0 Å². The van der Waals surface area contributed by atoms with Gasteiger partial charge in [0, 0.05) is 6.04 Å². The Bertz CT molecular complexity index is 185. The van der Waals surface area contributed by atoms with Crippen molar-refractivity contribution < 1.29 is 0 Å². The molecule has 0 aromatic heterocycles. The average Bonchev–Trinajstić information content (AvgIpc) is 2.27. The molecule has 0 amide bonds. The molecule has 1 heterocycles. The highest BCUT2D eigenvalue weighted by atomic mass is 15.1. The van der Waals surface area contributed by atoms with Crippen molar-refractivity contribution in [2.75, 3.05) is 19.6 Å². The molecule has 0 atom stereocenters. The minimum atomic E-state index is 0.504. The van der Waals surface area contributed by atoms with Gasteiger partial charge in [0.15, 0.2) is 0 Å². The van der Waals surface area contributed by atoms with Crippen LogP contribution in [0.5, 0.6) is 0 Å². The number of nitrogens with two attached hydrogens (primary N) is 1. The zero-order chi connectivity index (χ0) is 10.7. The van der Waals surface area contributed by atoms with Gasteiger partial charge in [0.25, 0.3) is 0 Å². The maximum Gasteiger partial charge on any atom is 0.00392 e. The third-order valence-corrected chi connectivity index (χ3v) is 4.55. The van der Waals surface area contributed by atoms with Crippen LogP contribution < -0.4 is 5.73 Å². The normalized spacial score (nSPS) is 28.4. The number of piperidine rings is 1. The quantitative estimate of drug-likeness (QED) is 0.758. The zero-order valence-electron chi connectivity index (χ0n) is 10.2. The third kappa shape index (κ3) is 2.73. The molecule has 0 unspecified atom stereocenters. The number of rotatable bonds is 2. The second-order valence-electron chi connectivity index (χ2n) is 5.68. The van der Waals surface area contributed by atoms with E-state index >= 15 is 0 Å². The molecule has 0 radical (unpaired) electrons. The summed E-state index contributed by atoms with van der Waals surface area (Å²) in [6.07, 6.45) is 9.50. The Morgan fingerprint density at radius 2 is 1.73 bits per heavy atom. The van der Waals surface area contributed by atoms with E-state index in [9.17, 15) is 0 Å². The number of nitrogens with zero attached hydrogens (tertiary/aromatic N) is 1. The molecule has 0 aromatic rings. The minimum absolute atomic E-state index is 0.504. The van der Waals surface area contributed by atoms with E-state index < -0.39 is 0 Å². The monoisotopic (exact) mass is 210 g/mol. The highest BCUT2D eigenvalue weighted by Gasteiger charge is 2.36. The molecule has 1 saturated heterocycles. The van der Waals surface area contributed by atoms with Crippen LogP contribution in [0.25, 0.3) is 0 Å². The van der Waals surface area contributed by atoms with Crippen LogP contribution in [-0.2, 0) is 0 Å². The molecule has 0 bridgehead atoms. The molecular formula is C13H26N2. The smallest absolute Gasteiger partial charge is 0.00392 e. The SMILES string of the molecule is CCCN1CCC2(CCC(N)CC2)CC1. The molecule has 2 aliphatic rings. The summed E-state index contributed by atoms with van der Waals surface area (Å²) in [6.45, 7) is 6.26. The van der Waals surface area contributed by atoms with E-state index in [-0.39, 0.29) is 0 Å². The fourth-order valence-electron chi connectivity index (χ4n) is 3.32. The number of hydrogen-bond donors (Lipinski definition) is 1. The molecule has 1 spiro atoms. The van der Waals surface area contributed by atoms with E-state index in [4.69, 9.17) is 5.73 Å². The van der Waals surface area contributed by atoms with Crippen LogP contribution in [0.15, 0.2) is 0 Å². The predicted molar refractivity (Wildman–Crippen MR) is 64.8 cm³/mol. The molecule has 2 N–H and O–H groups in total. The van der Waals surface area contributed by atoms with Gasteiger partial charge >= 0.3 is 0 Å². The Morgan fingerprint density at radius 3 is 2.27 bits per heavy atom. The standard InChI is InChI=1S/C13H26N2/c1-2-9-15-10-7-13(8-11-15)5-3-12(14)4-6-13/h12H,2-11,14H2,1H3. The van der Waals surface area contributed by atoms with Gasteiger partial charge in [0.1, 0.15) is 0 Å². The Kier molecular flexibility index (Phi) is 3.68. The second kappa shape index (κ2) is 4.84. The van der Waals surface area contributed by atoms with Crippen LogP contribution in [0.1, 0.15) is 51.9 Å². The summed E-state index contributed by atoms with van der Waals surface area (Å²) in [5.41, 5.74) is 6.68. The van der Waals surface area contributed by atoms with Crippen molar-refractivity contribution in [2.24, 2.45) is 11.1 Å². The summed E-state index contributed by atoms with van der Waals surface area (Å²) in [6, 6.07) is 0.504. The fraction of sp³-hybridized carbons (Fsp3) is 1.00. The number of hydrogen-bond acceptors (Lipinski definition) is 2. The first kappa shape index (κ1) is 11.4. The lowest BCUT2D eigenvalue weighted by Gasteiger charge is -2.45. The van der Waals surface area contributed by atoms with Crippen LogP contribution in [0.4, 0.5) is 0 Å². The van der Waals surface area contributed by atoms with E-state index in [1.807, 2.05) is 0 Å². The summed E-state index contributed by atoms with van der Waals surface area (Å²) in [4.78, 5) is 2.64. The predicted octanol–water partition coefficient (Wildman–Crippen LogP) is 2.38. The van der Waals surface area contributed by atoms with Crippen LogP contribution in [0, 0.1) is 5.41 Å².